The zero-order chi connectivity index (χ0) is 34.0. The lowest BCUT2D eigenvalue weighted by molar-refractivity contribution is -0.132. The number of carbonyl (C=O) groups is 2. The third-order valence-corrected chi connectivity index (χ3v) is 10.6. The Hall–Kier alpha value is -4.44. The lowest BCUT2D eigenvalue weighted by atomic mass is 9.85. The molecule has 0 spiro atoms. The van der Waals surface area contributed by atoms with Gasteiger partial charge in [0.1, 0.15) is 18.1 Å². The Morgan fingerprint density at radius 3 is 2.29 bits per heavy atom. The number of anilines is 1. The minimum absolute atomic E-state index is 0.0114. The number of nitrogens with zero attached hydrogens (tertiary/aromatic N) is 3. The first kappa shape index (κ1) is 33.5. The smallest absolute Gasteiger partial charge is 0.301 e. The van der Waals surface area contributed by atoms with E-state index in [1.165, 1.54) is 28.0 Å². The Kier molecular flexibility index (Phi) is 9.73. The number of aliphatic hydroxyl groups is 1. The summed E-state index contributed by atoms with van der Waals surface area (Å²) in [6, 6.07) is 29.3. The molecule has 244 valence electrons. The van der Waals surface area contributed by atoms with E-state index in [-0.39, 0.29) is 21.9 Å². The number of hydrogen-bond acceptors (Lipinski definition) is 8. The molecule has 0 radical (unpaired) electrons. The van der Waals surface area contributed by atoms with Crippen molar-refractivity contribution in [1.29, 1.82) is 0 Å². The van der Waals surface area contributed by atoms with Gasteiger partial charge in [-0.1, -0.05) is 116 Å². The first-order valence-electron chi connectivity index (χ1n) is 15.4. The average molecular weight is 696 g/mol. The van der Waals surface area contributed by atoms with Crippen LogP contribution < -0.4 is 9.64 Å². The van der Waals surface area contributed by atoms with Crippen molar-refractivity contribution in [2.45, 2.75) is 55.9 Å². The van der Waals surface area contributed by atoms with Gasteiger partial charge in [0, 0.05) is 16.3 Å². The molecule has 1 fully saturated rings. The highest BCUT2D eigenvalue weighted by Gasteiger charge is 2.48. The molecule has 1 aromatic heterocycles. The average Bonchev–Trinajstić information content (AvgIpc) is 3.65. The molecule has 4 aromatic carbocycles. The number of aromatic nitrogens is 2. The van der Waals surface area contributed by atoms with Gasteiger partial charge < -0.3 is 9.84 Å². The summed E-state index contributed by atoms with van der Waals surface area (Å²) in [5.74, 6) is -0.588. The normalized spacial score (nSPS) is 16.0. The van der Waals surface area contributed by atoms with Gasteiger partial charge in [-0.2, -0.15) is 0 Å². The molecule has 1 aliphatic heterocycles. The Balaban J connectivity index is 1.32. The van der Waals surface area contributed by atoms with Crippen LogP contribution in [0.3, 0.4) is 0 Å². The van der Waals surface area contributed by atoms with Gasteiger partial charge in [0.2, 0.25) is 5.13 Å². The van der Waals surface area contributed by atoms with Gasteiger partial charge in [-0.15, -0.1) is 10.2 Å². The number of rotatable bonds is 9. The summed E-state index contributed by atoms with van der Waals surface area (Å²) in [6.07, 6.45) is 0. The van der Waals surface area contributed by atoms with Gasteiger partial charge in [-0.05, 0) is 76.6 Å². The third kappa shape index (κ3) is 7.18. The van der Waals surface area contributed by atoms with Crippen molar-refractivity contribution < 1.29 is 19.4 Å². The van der Waals surface area contributed by atoms with Crippen LogP contribution in [0, 0.1) is 6.92 Å². The van der Waals surface area contributed by atoms with E-state index in [1.807, 2.05) is 79.7 Å². The molecule has 0 aliphatic carbocycles. The van der Waals surface area contributed by atoms with Gasteiger partial charge in [-0.25, -0.2) is 0 Å². The second kappa shape index (κ2) is 14.0. The fraction of sp³-hybridized carbons (Fsp3) is 0.211. The Morgan fingerprint density at radius 1 is 0.938 bits per heavy atom. The van der Waals surface area contributed by atoms with Crippen LogP contribution in [0.2, 0.25) is 5.02 Å². The van der Waals surface area contributed by atoms with E-state index in [4.69, 9.17) is 16.3 Å². The van der Waals surface area contributed by atoms with Gasteiger partial charge in [0.25, 0.3) is 5.78 Å². The van der Waals surface area contributed by atoms with Crippen LogP contribution in [-0.2, 0) is 27.4 Å². The molecule has 0 saturated carbocycles. The summed E-state index contributed by atoms with van der Waals surface area (Å²) in [5, 5.41) is 21.2. The highest BCUT2D eigenvalue weighted by molar-refractivity contribution is 8.00. The van der Waals surface area contributed by atoms with Crippen molar-refractivity contribution in [2.75, 3.05) is 4.90 Å². The molecule has 48 heavy (non-hydrogen) atoms. The van der Waals surface area contributed by atoms with Crippen molar-refractivity contribution in [3.8, 4) is 5.75 Å². The molecule has 6 rings (SSSR count). The first-order chi connectivity index (χ1) is 23.0. The van der Waals surface area contributed by atoms with Crippen LogP contribution in [0.4, 0.5) is 5.13 Å². The number of halogens is 1. The topological polar surface area (TPSA) is 92.6 Å². The van der Waals surface area contributed by atoms with Crippen LogP contribution in [0.15, 0.2) is 107 Å². The van der Waals surface area contributed by atoms with Crippen LogP contribution >= 0.6 is 34.7 Å². The SMILES string of the molecule is Cc1ccccc1COc1ccc(/C(O)=C2\C(=O)C(=O)N(c3nnc(SCc4ccc(Cl)cc4)s3)C2c2ccc(C(C)(C)C)cc2)cc1. The molecule has 5 aromatic rings. The van der Waals surface area contributed by atoms with Crippen molar-refractivity contribution >= 4 is 57.3 Å². The highest BCUT2D eigenvalue weighted by atomic mass is 35.5. The Morgan fingerprint density at radius 2 is 1.62 bits per heavy atom. The molecule has 1 aliphatic rings. The van der Waals surface area contributed by atoms with Crippen molar-refractivity contribution in [1.82, 2.24) is 10.2 Å². The predicted molar refractivity (Wildman–Crippen MR) is 193 cm³/mol. The number of amides is 1. The maximum Gasteiger partial charge on any atom is 0.301 e. The lowest BCUT2D eigenvalue weighted by Gasteiger charge is -2.24. The van der Waals surface area contributed by atoms with E-state index in [2.05, 4.69) is 31.0 Å². The number of hydrogen-bond donors (Lipinski definition) is 1. The first-order valence-corrected chi connectivity index (χ1v) is 17.6. The predicted octanol–water partition coefficient (Wildman–Crippen LogP) is 9.30. The number of aryl methyl sites for hydroxylation is 1. The number of carbonyl (C=O) groups excluding carboxylic acids is 2. The van der Waals surface area contributed by atoms with Crippen LogP contribution in [0.1, 0.15) is 60.2 Å². The summed E-state index contributed by atoms with van der Waals surface area (Å²) in [6.45, 7) is 8.79. The molecule has 2 heterocycles. The zero-order valence-corrected chi connectivity index (χ0v) is 29.3. The molecule has 1 amide bonds. The molecule has 7 nitrogen and oxygen atoms in total. The maximum atomic E-state index is 13.7. The zero-order valence-electron chi connectivity index (χ0n) is 26.9. The summed E-state index contributed by atoms with van der Waals surface area (Å²) in [5.41, 5.74) is 5.33. The van der Waals surface area contributed by atoms with Gasteiger partial charge >= 0.3 is 5.91 Å². The number of ether oxygens (including phenoxy) is 1. The standard InChI is InChI=1S/C38H34ClN3O4S2/c1-23-7-5-6-8-27(23)21-46-30-19-13-26(14-20-30)33(43)31-32(25-11-15-28(16-12-25)38(2,3)4)42(35(45)34(31)44)36-40-41-37(48-36)47-22-24-9-17-29(39)18-10-24/h5-20,32,43H,21-22H2,1-4H3/b33-31+. The molecular formula is C38H34ClN3O4S2. The quantitative estimate of drug-likeness (QED) is 0.0540. The van der Waals surface area contributed by atoms with Crippen LogP contribution in [-0.4, -0.2) is 27.0 Å². The largest absolute Gasteiger partial charge is 0.507 e. The lowest BCUT2D eigenvalue weighted by Crippen LogP contribution is -2.29. The maximum absolute atomic E-state index is 13.7. The molecule has 1 unspecified atom stereocenters. The molecule has 0 bridgehead atoms. The fourth-order valence-corrected chi connectivity index (χ4v) is 7.34. The van der Waals surface area contributed by atoms with E-state index < -0.39 is 17.7 Å². The van der Waals surface area contributed by atoms with E-state index in [1.54, 1.807) is 24.3 Å². The third-order valence-electron chi connectivity index (χ3n) is 8.20. The van der Waals surface area contributed by atoms with E-state index in [0.717, 1.165) is 22.3 Å². The molecule has 10 heteroatoms. The minimum atomic E-state index is -0.905. The highest BCUT2D eigenvalue weighted by Crippen LogP contribution is 2.44. The van der Waals surface area contributed by atoms with Gasteiger partial charge in [0.15, 0.2) is 4.34 Å². The fourth-order valence-electron chi connectivity index (χ4n) is 5.39. The molecule has 1 saturated heterocycles. The summed E-state index contributed by atoms with van der Waals surface area (Å²) in [7, 11) is 0. The number of Topliss-reactive ketones (excluding diaryl/α,β-unsaturated/α-hetero) is 1. The minimum Gasteiger partial charge on any atom is -0.507 e. The molecular weight excluding hydrogens is 662 g/mol. The van der Waals surface area contributed by atoms with E-state index >= 15 is 0 Å². The van der Waals surface area contributed by atoms with Crippen LogP contribution in [0.5, 0.6) is 5.75 Å². The molecule has 1 atom stereocenters. The van der Waals surface area contributed by atoms with Crippen molar-refractivity contribution in [2.24, 2.45) is 0 Å². The van der Waals surface area contributed by atoms with Gasteiger partial charge in [0.05, 0.1) is 11.6 Å². The summed E-state index contributed by atoms with van der Waals surface area (Å²) < 4.78 is 6.63. The number of ketones is 1. The number of benzene rings is 4. The second-order valence-corrected chi connectivity index (χ2v) is 15.2. The summed E-state index contributed by atoms with van der Waals surface area (Å²) >= 11 is 8.73. The number of aliphatic hydroxyl groups excluding tert-OH is 1. The Bertz CT molecular complexity index is 1980. The van der Waals surface area contributed by atoms with Crippen molar-refractivity contribution in [3.05, 3.63) is 141 Å². The van der Waals surface area contributed by atoms with Crippen LogP contribution in [0.25, 0.3) is 5.76 Å². The van der Waals surface area contributed by atoms with E-state index in [9.17, 15) is 14.7 Å². The number of thioether (sulfide) groups is 1. The Labute approximate surface area is 293 Å². The molecule has 1 N–H and O–H groups in total. The van der Waals surface area contributed by atoms with Crippen molar-refractivity contribution in [3.63, 3.8) is 0 Å². The monoisotopic (exact) mass is 695 g/mol. The summed E-state index contributed by atoms with van der Waals surface area (Å²) in [4.78, 5) is 28.8. The van der Waals surface area contributed by atoms with E-state index in [0.29, 0.717) is 38.6 Å². The second-order valence-electron chi connectivity index (χ2n) is 12.5. The van der Waals surface area contributed by atoms with Gasteiger partial charge in [-0.3, -0.25) is 14.5 Å².